The number of nitrogens with zero attached hydrogens (tertiary/aromatic N) is 4. The van der Waals surface area contributed by atoms with Crippen LogP contribution in [0.5, 0.6) is 0 Å². The van der Waals surface area contributed by atoms with Crippen LogP contribution >= 0.6 is 0 Å². The van der Waals surface area contributed by atoms with Gasteiger partial charge in [0.25, 0.3) is 15.6 Å². The molecule has 1 N–H and O–H groups in total. The third kappa shape index (κ3) is 4.21. The molecule has 0 fully saturated rings. The van der Waals surface area contributed by atoms with Crippen LogP contribution in [0.4, 0.5) is 11.4 Å². The molecule has 3 aromatic carbocycles. The zero-order valence-electron chi connectivity index (χ0n) is 17.0. The van der Waals surface area contributed by atoms with Gasteiger partial charge in [-0.05, 0) is 42.5 Å². The Bertz CT molecular complexity index is 1450. The number of carbonyl (C=O) groups excluding carboxylic acids is 1. The molecule has 0 bridgehead atoms. The first kappa shape index (κ1) is 21.2. The fourth-order valence-corrected chi connectivity index (χ4v) is 4.37. The summed E-state index contributed by atoms with van der Waals surface area (Å²) in [5.74, 6) is -0.539. The number of amides is 1. The van der Waals surface area contributed by atoms with Gasteiger partial charge in [-0.25, -0.2) is 13.1 Å². The molecule has 1 aromatic heterocycles. The van der Waals surface area contributed by atoms with E-state index in [0.717, 1.165) is 8.99 Å². The molecule has 9 nitrogen and oxygen atoms in total. The van der Waals surface area contributed by atoms with Crippen LogP contribution < -0.4 is 15.2 Å². The fraction of sp³-hybridized carbons (Fsp3) is 0.0909. The van der Waals surface area contributed by atoms with E-state index in [2.05, 4.69) is 15.6 Å². The Balaban J connectivity index is 1.54. The van der Waals surface area contributed by atoms with Gasteiger partial charge in [-0.1, -0.05) is 41.6 Å². The van der Waals surface area contributed by atoms with Crippen molar-refractivity contribution in [2.24, 2.45) is 0 Å². The summed E-state index contributed by atoms with van der Waals surface area (Å²) >= 11 is 0. The number of benzene rings is 3. The van der Waals surface area contributed by atoms with Crippen LogP contribution in [0.1, 0.15) is 0 Å². The van der Waals surface area contributed by atoms with Crippen LogP contribution in [0.3, 0.4) is 0 Å². The lowest BCUT2D eigenvalue weighted by atomic mass is 10.2. The first-order valence-electron chi connectivity index (χ1n) is 9.63. The lowest BCUT2D eigenvalue weighted by Crippen LogP contribution is -2.30. The Labute approximate surface area is 184 Å². The van der Waals surface area contributed by atoms with Crippen LogP contribution in [-0.4, -0.2) is 36.4 Å². The van der Waals surface area contributed by atoms with Crippen molar-refractivity contribution < 1.29 is 13.2 Å². The van der Waals surface area contributed by atoms with Gasteiger partial charge >= 0.3 is 0 Å². The van der Waals surface area contributed by atoms with Gasteiger partial charge in [0.15, 0.2) is 0 Å². The summed E-state index contributed by atoms with van der Waals surface area (Å²) < 4.78 is 28.1. The topological polar surface area (TPSA) is 114 Å². The second kappa shape index (κ2) is 8.60. The molecule has 0 aliphatic carbocycles. The standard InChI is InChI=1S/C22H19N5O4S/c1-26(17-9-3-2-4-10-17)32(30,31)18-11-7-8-16(14-18)23-21(28)15-27-22(29)19-12-5-6-13-20(19)24-25-27/h2-14H,15H2,1H3,(H,23,28). The lowest BCUT2D eigenvalue weighted by molar-refractivity contribution is -0.117. The maximum Gasteiger partial charge on any atom is 0.278 e. The minimum atomic E-state index is -3.84. The normalized spacial score (nSPS) is 11.3. The summed E-state index contributed by atoms with van der Waals surface area (Å²) in [5.41, 5.74) is 0.789. The number of carbonyl (C=O) groups is 1. The summed E-state index contributed by atoms with van der Waals surface area (Å²) in [5, 5.41) is 10.7. The second-order valence-electron chi connectivity index (χ2n) is 6.95. The van der Waals surface area contributed by atoms with Gasteiger partial charge in [0.1, 0.15) is 12.1 Å². The van der Waals surface area contributed by atoms with Crippen molar-refractivity contribution in [3.63, 3.8) is 0 Å². The SMILES string of the molecule is CN(c1ccccc1)S(=O)(=O)c1cccc(NC(=O)Cn2nnc3ccccc3c2=O)c1. The fourth-order valence-electron chi connectivity index (χ4n) is 3.13. The van der Waals surface area contributed by atoms with Crippen molar-refractivity contribution in [2.45, 2.75) is 11.4 Å². The summed E-state index contributed by atoms with van der Waals surface area (Å²) in [6.07, 6.45) is 0. The molecule has 32 heavy (non-hydrogen) atoms. The average Bonchev–Trinajstić information content (AvgIpc) is 2.81. The van der Waals surface area contributed by atoms with E-state index in [9.17, 15) is 18.0 Å². The first-order chi connectivity index (χ1) is 15.4. The molecule has 0 radical (unpaired) electrons. The van der Waals surface area contributed by atoms with E-state index < -0.39 is 21.5 Å². The van der Waals surface area contributed by atoms with E-state index in [1.165, 1.54) is 25.2 Å². The third-order valence-electron chi connectivity index (χ3n) is 4.82. The average molecular weight is 449 g/mol. The van der Waals surface area contributed by atoms with E-state index in [1.54, 1.807) is 60.7 Å². The number of rotatable bonds is 6. The predicted molar refractivity (Wildman–Crippen MR) is 121 cm³/mol. The maximum absolute atomic E-state index is 13.0. The molecule has 0 spiro atoms. The Morgan fingerprint density at radius 1 is 1.00 bits per heavy atom. The van der Waals surface area contributed by atoms with Crippen molar-refractivity contribution in [3.8, 4) is 0 Å². The van der Waals surface area contributed by atoms with Crippen LogP contribution in [0.2, 0.25) is 0 Å². The van der Waals surface area contributed by atoms with Gasteiger partial charge in [-0.3, -0.25) is 13.9 Å². The van der Waals surface area contributed by atoms with E-state index in [1.807, 2.05) is 0 Å². The number of aromatic nitrogens is 3. The Morgan fingerprint density at radius 2 is 1.72 bits per heavy atom. The molecule has 4 aromatic rings. The quantitative estimate of drug-likeness (QED) is 0.483. The summed E-state index contributed by atoms with van der Waals surface area (Å²) in [6, 6.07) is 21.3. The number of sulfonamides is 1. The number of fused-ring (bicyclic) bond motifs is 1. The van der Waals surface area contributed by atoms with Gasteiger partial charge in [-0.2, -0.15) is 0 Å². The molecule has 0 unspecified atom stereocenters. The number of nitrogens with one attached hydrogen (secondary N) is 1. The van der Waals surface area contributed by atoms with E-state index in [4.69, 9.17) is 0 Å². The van der Waals surface area contributed by atoms with Crippen LogP contribution in [-0.2, 0) is 21.4 Å². The molecule has 162 valence electrons. The molecule has 10 heteroatoms. The van der Waals surface area contributed by atoms with Gasteiger partial charge in [-0.15, -0.1) is 5.10 Å². The van der Waals surface area contributed by atoms with Crippen molar-refractivity contribution >= 4 is 38.2 Å². The highest BCUT2D eigenvalue weighted by atomic mass is 32.2. The Kier molecular flexibility index (Phi) is 5.69. The molecular formula is C22H19N5O4S. The largest absolute Gasteiger partial charge is 0.324 e. The zero-order valence-corrected chi connectivity index (χ0v) is 17.9. The minimum Gasteiger partial charge on any atom is -0.324 e. The molecule has 4 rings (SSSR count). The molecule has 1 heterocycles. The number of anilines is 2. The zero-order chi connectivity index (χ0) is 22.7. The summed E-state index contributed by atoms with van der Waals surface area (Å²) in [7, 11) is -2.38. The highest BCUT2D eigenvalue weighted by Crippen LogP contribution is 2.23. The number of hydrogen-bond acceptors (Lipinski definition) is 6. The highest BCUT2D eigenvalue weighted by Gasteiger charge is 2.21. The van der Waals surface area contributed by atoms with Crippen molar-refractivity contribution in [2.75, 3.05) is 16.7 Å². The van der Waals surface area contributed by atoms with Crippen molar-refractivity contribution in [1.29, 1.82) is 0 Å². The molecule has 1 amide bonds. The highest BCUT2D eigenvalue weighted by molar-refractivity contribution is 7.92. The minimum absolute atomic E-state index is 0.0179. The van der Waals surface area contributed by atoms with E-state index in [-0.39, 0.29) is 17.1 Å². The first-order valence-corrected chi connectivity index (χ1v) is 11.1. The predicted octanol–water partition coefficient (Wildman–Crippen LogP) is 2.26. The number of hydrogen-bond donors (Lipinski definition) is 1. The van der Waals surface area contributed by atoms with Crippen molar-refractivity contribution in [1.82, 2.24) is 15.0 Å². The third-order valence-corrected chi connectivity index (χ3v) is 6.60. The number of para-hydroxylation sites is 1. The van der Waals surface area contributed by atoms with E-state index >= 15 is 0 Å². The van der Waals surface area contributed by atoms with Gasteiger partial charge < -0.3 is 5.32 Å². The molecule has 0 aliphatic heterocycles. The summed E-state index contributed by atoms with van der Waals surface area (Å²) in [6.45, 7) is -0.364. The molecular weight excluding hydrogens is 430 g/mol. The summed E-state index contributed by atoms with van der Waals surface area (Å²) in [4.78, 5) is 25.0. The van der Waals surface area contributed by atoms with Crippen molar-refractivity contribution in [3.05, 3.63) is 89.2 Å². The second-order valence-corrected chi connectivity index (χ2v) is 8.92. The maximum atomic E-state index is 13.0. The van der Waals surface area contributed by atoms with E-state index in [0.29, 0.717) is 16.6 Å². The monoisotopic (exact) mass is 449 g/mol. The Morgan fingerprint density at radius 3 is 2.50 bits per heavy atom. The van der Waals surface area contributed by atoms with Crippen LogP contribution in [0, 0.1) is 0 Å². The van der Waals surface area contributed by atoms with Gasteiger partial charge in [0, 0.05) is 12.7 Å². The molecule has 0 aliphatic rings. The smallest absolute Gasteiger partial charge is 0.278 e. The molecule has 0 atom stereocenters. The van der Waals surface area contributed by atoms with Crippen LogP contribution in [0.25, 0.3) is 10.9 Å². The molecule has 0 saturated carbocycles. The molecule has 0 saturated heterocycles. The Hall–Kier alpha value is -4.05. The van der Waals surface area contributed by atoms with Crippen LogP contribution in [0.15, 0.2) is 88.6 Å². The van der Waals surface area contributed by atoms with Gasteiger partial charge in [0.2, 0.25) is 5.91 Å². The van der Waals surface area contributed by atoms with Gasteiger partial charge in [0.05, 0.1) is 16.0 Å². The lowest BCUT2D eigenvalue weighted by Gasteiger charge is -2.19.